The minimum Gasteiger partial charge on any atom is -0.195 e. The van der Waals surface area contributed by atoms with E-state index in [9.17, 15) is 4.39 Å². The Labute approximate surface area is 146 Å². The van der Waals surface area contributed by atoms with Crippen molar-refractivity contribution >= 4 is 0 Å². The summed E-state index contributed by atoms with van der Waals surface area (Å²) in [5.74, 6) is 0.748. The Balaban J connectivity index is 1.74. The molecule has 0 amide bonds. The van der Waals surface area contributed by atoms with Gasteiger partial charge in [0.1, 0.15) is 6.07 Å². The van der Waals surface area contributed by atoms with Crippen LogP contribution in [0.15, 0.2) is 36.2 Å². The van der Waals surface area contributed by atoms with Crippen LogP contribution in [0.25, 0.3) is 0 Å². The van der Waals surface area contributed by atoms with Crippen LogP contribution >= 0.6 is 0 Å². The van der Waals surface area contributed by atoms with Gasteiger partial charge in [0.25, 0.3) is 0 Å². The molecule has 0 saturated heterocycles. The summed E-state index contributed by atoms with van der Waals surface area (Å²) >= 11 is 0. The van der Waals surface area contributed by atoms with Crippen molar-refractivity contribution in [2.45, 2.75) is 77.0 Å². The number of aryl methyl sites for hydroxylation is 1. The van der Waals surface area contributed by atoms with E-state index in [0.29, 0.717) is 18.3 Å². The highest BCUT2D eigenvalue weighted by molar-refractivity contribution is 5.26. The van der Waals surface area contributed by atoms with Crippen molar-refractivity contribution in [2.24, 2.45) is 5.92 Å². The zero-order valence-electron chi connectivity index (χ0n) is 14.9. The molecule has 130 valence electrons. The monoisotopic (exact) mass is 327 g/mol. The van der Waals surface area contributed by atoms with E-state index in [0.717, 1.165) is 6.42 Å². The van der Waals surface area contributed by atoms with Crippen LogP contribution in [0.3, 0.4) is 0 Å². The summed E-state index contributed by atoms with van der Waals surface area (Å²) in [4.78, 5) is 0. The number of benzene rings is 1. The topological polar surface area (TPSA) is 23.8 Å². The molecule has 0 heterocycles. The number of hydrogen-bond donors (Lipinski definition) is 0. The third kappa shape index (κ3) is 6.11. The normalized spacial score (nSPS) is 21.5. The van der Waals surface area contributed by atoms with Crippen molar-refractivity contribution in [3.05, 3.63) is 47.3 Å². The van der Waals surface area contributed by atoms with Gasteiger partial charge in [0.15, 0.2) is 5.83 Å². The number of unbranched alkanes of at least 4 members (excludes halogenated alkanes) is 2. The summed E-state index contributed by atoms with van der Waals surface area (Å²) in [6.45, 7) is 2.25. The molecule has 1 aliphatic rings. The van der Waals surface area contributed by atoms with Crippen molar-refractivity contribution in [1.82, 2.24) is 0 Å². The molecule has 1 nitrogen and oxygen atoms in total. The standard InChI is InChI=1S/C22H30FN/c1-2-3-4-6-18-9-13-20(14-10-18)21-15-11-19(12-16-21)7-5-8-22(23)17-24/h8-10,13-14,19,21H,2-7,11-12,15-16H2,1H3. The molecule has 1 aromatic rings. The van der Waals surface area contributed by atoms with Crippen molar-refractivity contribution in [1.29, 1.82) is 5.26 Å². The lowest BCUT2D eigenvalue weighted by molar-refractivity contribution is 0.311. The van der Waals surface area contributed by atoms with Gasteiger partial charge < -0.3 is 0 Å². The largest absolute Gasteiger partial charge is 0.196 e. The summed E-state index contributed by atoms with van der Waals surface area (Å²) in [6, 6.07) is 10.8. The van der Waals surface area contributed by atoms with E-state index >= 15 is 0 Å². The summed E-state index contributed by atoms with van der Waals surface area (Å²) in [7, 11) is 0. The SMILES string of the molecule is CCCCCc1ccc(C2CCC(CCC=C(F)C#N)CC2)cc1. The fourth-order valence-corrected chi connectivity index (χ4v) is 3.81. The number of allylic oxidation sites excluding steroid dienone is 2. The van der Waals surface area contributed by atoms with Crippen molar-refractivity contribution < 1.29 is 4.39 Å². The highest BCUT2D eigenvalue weighted by Crippen LogP contribution is 2.37. The Hall–Kier alpha value is -1.62. The van der Waals surface area contributed by atoms with Crippen LogP contribution in [0.1, 0.15) is 81.8 Å². The van der Waals surface area contributed by atoms with Gasteiger partial charge in [0, 0.05) is 0 Å². The third-order valence-electron chi connectivity index (χ3n) is 5.37. The van der Waals surface area contributed by atoms with Gasteiger partial charge in [-0.05, 0) is 80.4 Å². The molecule has 0 aromatic heterocycles. The first-order chi connectivity index (χ1) is 11.7. The lowest BCUT2D eigenvalue weighted by atomic mass is 9.77. The molecule has 2 heteroatoms. The first-order valence-corrected chi connectivity index (χ1v) is 9.57. The zero-order valence-corrected chi connectivity index (χ0v) is 14.9. The molecule has 1 fully saturated rings. The lowest BCUT2D eigenvalue weighted by Gasteiger charge is -2.28. The van der Waals surface area contributed by atoms with E-state index in [1.54, 1.807) is 6.07 Å². The van der Waals surface area contributed by atoms with Gasteiger partial charge in [-0.2, -0.15) is 9.65 Å². The minimum absolute atomic E-state index is 0.636. The maximum Gasteiger partial charge on any atom is 0.196 e. The highest BCUT2D eigenvalue weighted by Gasteiger charge is 2.21. The van der Waals surface area contributed by atoms with Crippen LogP contribution in [0, 0.1) is 17.2 Å². The smallest absolute Gasteiger partial charge is 0.195 e. The first kappa shape index (κ1) is 18.7. The number of nitriles is 1. The molecule has 0 spiro atoms. The Morgan fingerprint density at radius 2 is 1.88 bits per heavy atom. The molecule has 1 aliphatic carbocycles. The first-order valence-electron chi connectivity index (χ1n) is 9.57. The predicted octanol–water partition coefficient (Wildman–Crippen LogP) is 6.85. The quantitative estimate of drug-likeness (QED) is 0.378. The van der Waals surface area contributed by atoms with E-state index in [1.807, 2.05) is 0 Å². The molecule has 0 unspecified atom stereocenters. The van der Waals surface area contributed by atoms with Gasteiger partial charge in [-0.3, -0.25) is 0 Å². The summed E-state index contributed by atoms with van der Waals surface area (Å²) < 4.78 is 12.8. The molecular weight excluding hydrogens is 297 g/mol. The molecule has 0 bridgehead atoms. The Morgan fingerprint density at radius 1 is 1.17 bits per heavy atom. The van der Waals surface area contributed by atoms with Gasteiger partial charge in [0.05, 0.1) is 0 Å². The van der Waals surface area contributed by atoms with E-state index in [2.05, 4.69) is 31.2 Å². The molecular formula is C22H30FN. The fraction of sp³-hybridized carbons (Fsp3) is 0.591. The van der Waals surface area contributed by atoms with Crippen LogP contribution in [-0.4, -0.2) is 0 Å². The van der Waals surface area contributed by atoms with Crippen molar-refractivity contribution in [3.63, 3.8) is 0 Å². The van der Waals surface area contributed by atoms with Crippen molar-refractivity contribution in [3.8, 4) is 6.07 Å². The summed E-state index contributed by atoms with van der Waals surface area (Å²) in [5, 5.41) is 8.42. The maximum atomic E-state index is 12.8. The van der Waals surface area contributed by atoms with E-state index in [4.69, 9.17) is 5.26 Å². The molecule has 1 aromatic carbocycles. The molecule has 1 saturated carbocycles. The third-order valence-corrected chi connectivity index (χ3v) is 5.37. The molecule has 0 radical (unpaired) electrons. The van der Waals surface area contributed by atoms with Gasteiger partial charge in [-0.15, -0.1) is 0 Å². The van der Waals surface area contributed by atoms with E-state index in [1.165, 1.54) is 68.6 Å². The number of nitrogens with zero attached hydrogens (tertiary/aromatic N) is 1. The fourth-order valence-electron chi connectivity index (χ4n) is 3.81. The maximum absolute atomic E-state index is 12.8. The van der Waals surface area contributed by atoms with Crippen LogP contribution < -0.4 is 0 Å². The Morgan fingerprint density at radius 3 is 2.50 bits per heavy atom. The molecule has 0 aliphatic heterocycles. The van der Waals surface area contributed by atoms with Crippen LogP contribution in [0.5, 0.6) is 0 Å². The molecule has 24 heavy (non-hydrogen) atoms. The highest BCUT2D eigenvalue weighted by atomic mass is 19.1. The second kappa shape index (κ2) is 10.3. The molecule has 2 rings (SSSR count). The van der Waals surface area contributed by atoms with Gasteiger partial charge in [-0.25, -0.2) is 0 Å². The van der Waals surface area contributed by atoms with E-state index in [-0.39, 0.29) is 0 Å². The van der Waals surface area contributed by atoms with Gasteiger partial charge >= 0.3 is 0 Å². The molecule has 0 N–H and O–H groups in total. The number of rotatable bonds is 8. The Kier molecular flexibility index (Phi) is 8.02. The summed E-state index contributed by atoms with van der Waals surface area (Å²) in [6.07, 6.45) is 13.2. The van der Waals surface area contributed by atoms with E-state index < -0.39 is 5.83 Å². The predicted molar refractivity (Wildman–Crippen MR) is 98.4 cm³/mol. The second-order valence-corrected chi connectivity index (χ2v) is 7.16. The Bertz CT molecular complexity index is 544. The second-order valence-electron chi connectivity index (χ2n) is 7.16. The van der Waals surface area contributed by atoms with Crippen LogP contribution in [0.4, 0.5) is 4.39 Å². The average Bonchev–Trinajstić information content (AvgIpc) is 2.63. The van der Waals surface area contributed by atoms with Gasteiger partial charge in [0.2, 0.25) is 0 Å². The average molecular weight is 327 g/mol. The lowest BCUT2D eigenvalue weighted by Crippen LogP contribution is -2.13. The number of halogens is 1. The zero-order chi connectivity index (χ0) is 17.2. The minimum atomic E-state index is -0.636. The van der Waals surface area contributed by atoms with Gasteiger partial charge in [-0.1, -0.05) is 44.0 Å². The number of hydrogen-bond acceptors (Lipinski definition) is 1. The van der Waals surface area contributed by atoms with Crippen molar-refractivity contribution in [2.75, 3.05) is 0 Å². The summed E-state index contributed by atoms with van der Waals surface area (Å²) in [5.41, 5.74) is 2.95. The van der Waals surface area contributed by atoms with Crippen LogP contribution in [-0.2, 0) is 6.42 Å². The van der Waals surface area contributed by atoms with Crippen LogP contribution in [0.2, 0.25) is 0 Å². The molecule has 0 atom stereocenters.